The molecule has 0 radical (unpaired) electrons. The van der Waals surface area contributed by atoms with Crippen LogP contribution in [0.25, 0.3) is 10.4 Å². The molecular formula is C9H7F3N4O. The van der Waals surface area contributed by atoms with Gasteiger partial charge < -0.3 is 5.32 Å². The second-order valence-electron chi connectivity index (χ2n) is 3.10. The van der Waals surface area contributed by atoms with Crippen molar-refractivity contribution in [3.8, 4) is 0 Å². The van der Waals surface area contributed by atoms with E-state index in [1.807, 2.05) is 0 Å². The van der Waals surface area contributed by atoms with Gasteiger partial charge in [-0.2, -0.15) is 13.2 Å². The van der Waals surface area contributed by atoms with E-state index in [-0.39, 0.29) is 11.4 Å². The molecule has 1 aromatic rings. The quantitative estimate of drug-likeness (QED) is 0.481. The standard InChI is InChI=1S/C9H7F3N4O/c1-5(17)14-8-3-2-6(15-16-13)4-7(8)9(10,11)12/h2-4H,1H3,(H,14,17). The average molecular weight is 244 g/mol. The van der Waals surface area contributed by atoms with Crippen molar-refractivity contribution in [3.63, 3.8) is 0 Å². The number of azide groups is 1. The first kappa shape index (κ1) is 12.9. The van der Waals surface area contributed by atoms with Gasteiger partial charge in [0, 0.05) is 17.5 Å². The molecule has 90 valence electrons. The molecule has 0 heterocycles. The van der Waals surface area contributed by atoms with Crippen LogP contribution >= 0.6 is 0 Å². The zero-order valence-electron chi connectivity index (χ0n) is 8.62. The monoisotopic (exact) mass is 244 g/mol. The molecular weight excluding hydrogens is 237 g/mol. The number of alkyl halides is 3. The van der Waals surface area contributed by atoms with Crippen LogP contribution < -0.4 is 5.32 Å². The van der Waals surface area contributed by atoms with Crippen molar-refractivity contribution in [3.05, 3.63) is 34.2 Å². The lowest BCUT2D eigenvalue weighted by molar-refractivity contribution is -0.136. The Hall–Kier alpha value is -2.21. The van der Waals surface area contributed by atoms with Crippen molar-refractivity contribution >= 4 is 17.3 Å². The number of hydrogen-bond donors (Lipinski definition) is 1. The largest absolute Gasteiger partial charge is 0.418 e. The predicted molar refractivity (Wildman–Crippen MR) is 54.6 cm³/mol. The third kappa shape index (κ3) is 3.39. The van der Waals surface area contributed by atoms with Crippen molar-refractivity contribution in [2.24, 2.45) is 5.11 Å². The molecule has 0 aliphatic heterocycles. The fourth-order valence-corrected chi connectivity index (χ4v) is 1.18. The van der Waals surface area contributed by atoms with E-state index in [0.29, 0.717) is 6.07 Å². The van der Waals surface area contributed by atoms with Crippen LogP contribution in [0.1, 0.15) is 12.5 Å². The number of hydrogen-bond acceptors (Lipinski definition) is 2. The molecule has 1 rings (SSSR count). The van der Waals surface area contributed by atoms with Crippen molar-refractivity contribution in [2.45, 2.75) is 13.1 Å². The average Bonchev–Trinajstić information content (AvgIpc) is 2.18. The zero-order chi connectivity index (χ0) is 13.1. The van der Waals surface area contributed by atoms with Gasteiger partial charge in [0.1, 0.15) is 0 Å². The highest BCUT2D eigenvalue weighted by Gasteiger charge is 2.33. The van der Waals surface area contributed by atoms with Crippen LogP contribution in [0.5, 0.6) is 0 Å². The van der Waals surface area contributed by atoms with Gasteiger partial charge >= 0.3 is 6.18 Å². The van der Waals surface area contributed by atoms with Gasteiger partial charge in [-0.05, 0) is 17.7 Å². The first-order valence-electron chi connectivity index (χ1n) is 4.38. The minimum Gasteiger partial charge on any atom is -0.326 e. The van der Waals surface area contributed by atoms with Crippen molar-refractivity contribution in [1.82, 2.24) is 0 Å². The number of amides is 1. The normalized spacial score (nSPS) is 10.6. The highest BCUT2D eigenvalue weighted by Crippen LogP contribution is 2.37. The Morgan fingerprint density at radius 1 is 1.47 bits per heavy atom. The van der Waals surface area contributed by atoms with E-state index in [2.05, 4.69) is 15.3 Å². The van der Waals surface area contributed by atoms with Crippen LogP contribution in [0, 0.1) is 0 Å². The Labute approximate surface area is 93.9 Å². The Morgan fingerprint density at radius 3 is 2.59 bits per heavy atom. The summed E-state index contributed by atoms with van der Waals surface area (Å²) in [5.74, 6) is -0.618. The molecule has 0 spiro atoms. The second kappa shape index (κ2) is 4.75. The molecule has 0 aliphatic carbocycles. The Kier molecular flexibility index (Phi) is 3.59. The van der Waals surface area contributed by atoms with Crippen LogP contribution in [-0.2, 0) is 11.0 Å². The van der Waals surface area contributed by atoms with Crippen molar-refractivity contribution < 1.29 is 18.0 Å². The van der Waals surface area contributed by atoms with E-state index < -0.39 is 17.6 Å². The molecule has 0 saturated heterocycles. The Bertz CT molecular complexity index is 492. The molecule has 8 heteroatoms. The van der Waals surface area contributed by atoms with Crippen LogP contribution in [0.15, 0.2) is 23.3 Å². The highest BCUT2D eigenvalue weighted by molar-refractivity contribution is 5.90. The lowest BCUT2D eigenvalue weighted by Gasteiger charge is -2.13. The lowest BCUT2D eigenvalue weighted by atomic mass is 10.1. The number of carbonyl (C=O) groups excluding carboxylic acids is 1. The van der Waals surface area contributed by atoms with E-state index >= 15 is 0 Å². The van der Waals surface area contributed by atoms with Gasteiger partial charge in [0.05, 0.1) is 11.3 Å². The van der Waals surface area contributed by atoms with Crippen LogP contribution in [0.2, 0.25) is 0 Å². The smallest absolute Gasteiger partial charge is 0.326 e. The molecule has 0 aromatic heterocycles. The van der Waals surface area contributed by atoms with Gasteiger partial charge in [0.2, 0.25) is 5.91 Å². The molecule has 17 heavy (non-hydrogen) atoms. The number of nitrogens with zero attached hydrogens (tertiary/aromatic N) is 3. The molecule has 0 saturated carbocycles. The number of carbonyl (C=O) groups is 1. The second-order valence-corrected chi connectivity index (χ2v) is 3.10. The van der Waals surface area contributed by atoms with Gasteiger partial charge in [-0.1, -0.05) is 11.2 Å². The molecule has 0 aliphatic rings. The fourth-order valence-electron chi connectivity index (χ4n) is 1.18. The number of nitrogens with one attached hydrogen (secondary N) is 1. The zero-order valence-corrected chi connectivity index (χ0v) is 8.62. The summed E-state index contributed by atoms with van der Waals surface area (Å²) in [4.78, 5) is 13.1. The van der Waals surface area contributed by atoms with Crippen molar-refractivity contribution in [2.75, 3.05) is 5.32 Å². The third-order valence-electron chi connectivity index (χ3n) is 1.78. The molecule has 0 unspecified atom stereocenters. The van der Waals surface area contributed by atoms with Crippen molar-refractivity contribution in [1.29, 1.82) is 0 Å². The number of benzene rings is 1. The predicted octanol–water partition coefficient (Wildman–Crippen LogP) is 3.61. The summed E-state index contributed by atoms with van der Waals surface area (Å²) in [5.41, 5.74) is 6.53. The van der Waals surface area contributed by atoms with Gasteiger partial charge in [0.15, 0.2) is 0 Å². The topological polar surface area (TPSA) is 77.9 Å². The maximum atomic E-state index is 12.6. The van der Waals surface area contributed by atoms with Gasteiger partial charge in [-0.3, -0.25) is 4.79 Å². The summed E-state index contributed by atoms with van der Waals surface area (Å²) in [7, 11) is 0. The lowest BCUT2D eigenvalue weighted by Crippen LogP contribution is -2.13. The summed E-state index contributed by atoms with van der Waals surface area (Å²) in [6, 6.07) is 2.89. The number of halogens is 3. The van der Waals surface area contributed by atoms with Gasteiger partial charge in [-0.15, -0.1) is 0 Å². The molecule has 1 aromatic carbocycles. The summed E-state index contributed by atoms with van der Waals surface area (Å²) in [6.07, 6.45) is -4.64. The molecule has 0 bridgehead atoms. The molecule has 1 amide bonds. The minimum atomic E-state index is -4.64. The maximum absolute atomic E-state index is 12.6. The first-order valence-corrected chi connectivity index (χ1v) is 4.38. The van der Waals surface area contributed by atoms with Crippen LogP contribution in [0.4, 0.5) is 24.5 Å². The minimum absolute atomic E-state index is 0.172. The summed E-state index contributed by atoms with van der Waals surface area (Å²) < 4.78 is 37.9. The van der Waals surface area contributed by atoms with E-state index in [9.17, 15) is 18.0 Å². The van der Waals surface area contributed by atoms with Crippen LogP contribution in [-0.4, -0.2) is 5.91 Å². The fraction of sp³-hybridized carbons (Fsp3) is 0.222. The Balaban J connectivity index is 3.31. The van der Waals surface area contributed by atoms with Gasteiger partial charge in [0.25, 0.3) is 0 Å². The summed E-state index contributed by atoms with van der Waals surface area (Å²) in [5, 5.41) is 5.12. The van der Waals surface area contributed by atoms with Gasteiger partial charge in [-0.25, -0.2) is 0 Å². The Morgan fingerprint density at radius 2 is 2.12 bits per heavy atom. The third-order valence-corrected chi connectivity index (χ3v) is 1.78. The SMILES string of the molecule is CC(=O)Nc1ccc(N=[N+]=[N-])cc1C(F)(F)F. The van der Waals surface area contributed by atoms with E-state index in [0.717, 1.165) is 13.0 Å². The van der Waals surface area contributed by atoms with E-state index in [1.54, 1.807) is 0 Å². The maximum Gasteiger partial charge on any atom is 0.418 e. The van der Waals surface area contributed by atoms with E-state index in [4.69, 9.17) is 5.53 Å². The first-order chi connectivity index (χ1) is 7.84. The molecule has 5 nitrogen and oxygen atoms in total. The summed E-state index contributed by atoms with van der Waals surface area (Å²) >= 11 is 0. The van der Waals surface area contributed by atoms with E-state index in [1.165, 1.54) is 6.07 Å². The number of anilines is 1. The number of rotatable bonds is 2. The summed E-state index contributed by atoms with van der Waals surface area (Å²) in [6.45, 7) is 1.10. The molecule has 0 atom stereocenters. The molecule has 1 N–H and O–H groups in total. The van der Waals surface area contributed by atoms with Crippen LogP contribution in [0.3, 0.4) is 0 Å². The highest BCUT2D eigenvalue weighted by atomic mass is 19.4. The molecule has 0 fully saturated rings.